The summed E-state index contributed by atoms with van der Waals surface area (Å²) in [6, 6.07) is 1.90. The number of thiophene rings is 1. The van der Waals surface area contributed by atoms with Gasteiger partial charge in [-0.2, -0.15) is 4.98 Å². The minimum atomic E-state index is -0.862. The fraction of sp³-hybridized carbons (Fsp3) is 0.417. The largest absolute Gasteiger partial charge is 0.481 e. The second-order valence-electron chi connectivity index (χ2n) is 4.49. The highest BCUT2D eigenvalue weighted by Crippen LogP contribution is 2.31. The van der Waals surface area contributed by atoms with E-state index in [0.29, 0.717) is 19.7 Å². The number of anilines is 1. The molecule has 3 heterocycles. The zero-order chi connectivity index (χ0) is 14.1. The standard InChI is InChI=1S/C12H12ClN3O3S/c13-12-14-8-1-4-20-10(8)11(15-12)16-2-3-19-7(6-16)5-9(17)18/h1,4,7H,2-3,5-6H2,(H,17,18). The molecule has 20 heavy (non-hydrogen) atoms. The van der Waals surface area contributed by atoms with Crippen LogP contribution in [-0.2, 0) is 9.53 Å². The molecule has 1 aliphatic heterocycles. The van der Waals surface area contributed by atoms with Gasteiger partial charge in [0, 0.05) is 13.1 Å². The molecule has 1 atom stereocenters. The third kappa shape index (κ3) is 2.70. The van der Waals surface area contributed by atoms with Crippen LogP contribution in [-0.4, -0.2) is 46.8 Å². The average Bonchev–Trinajstić information content (AvgIpc) is 2.85. The van der Waals surface area contributed by atoms with Gasteiger partial charge in [0.2, 0.25) is 5.28 Å². The highest BCUT2D eigenvalue weighted by molar-refractivity contribution is 7.17. The second-order valence-corrected chi connectivity index (χ2v) is 5.74. The topological polar surface area (TPSA) is 75.5 Å². The number of rotatable bonds is 3. The van der Waals surface area contributed by atoms with Crippen molar-refractivity contribution in [3.05, 3.63) is 16.7 Å². The number of carboxylic acid groups (broad SMARTS) is 1. The van der Waals surface area contributed by atoms with Gasteiger partial charge < -0.3 is 14.7 Å². The molecule has 0 amide bonds. The molecule has 0 spiro atoms. The maximum Gasteiger partial charge on any atom is 0.306 e. The fourth-order valence-electron chi connectivity index (χ4n) is 2.26. The van der Waals surface area contributed by atoms with E-state index in [4.69, 9.17) is 21.4 Å². The zero-order valence-electron chi connectivity index (χ0n) is 10.5. The Morgan fingerprint density at radius 3 is 3.25 bits per heavy atom. The Balaban J connectivity index is 1.90. The first-order valence-corrected chi connectivity index (χ1v) is 7.38. The quantitative estimate of drug-likeness (QED) is 0.874. The van der Waals surface area contributed by atoms with E-state index in [1.54, 1.807) is 11.3 Å². The van der Waals surface area contributed by atoms with Gasteiger partial charge in [0.05, 0.1) is 29.3 Å². The van der Waals surface area contributed by atoms with Crippen LogP contribution in [0.1, 0.15) is 6.42 Å². The van der Waals surface area contributed by atoms with Crippen molar-refractivity contribution in [1.29, 1.82) is 0 Å². The van der Waals surface area contributed by atoms with Crippen LogP contribution < -0.4 is 4.90 Å². The Bertz CT molecular complexity index is 648. The first-order chi connectivity index (χ1) is 9.63. The van der Waals surface area contributed by atoms with Crippen molar-refractivity contribution < 1.29 is 14.6 Å². The third-order valence-corrected chi connectivity index (χ3v) is 4.17. The number of carboxylic acids is 1. The van der Waals surface area contributed by atoms with E-state index in [0.717, 1.165) is 16.0 Å². The summed E-state index contributed by atoms with van der Waals surface area (Å²) in [7, 11) is 0. The second kappa shape index (κ2) is 5.51. The minimum absolute atomic E-state index is 0.0110. The molecule has 1 aliphatic rings. The molecule has 1 saturated heterocycles. The highest BCUT2D eigenvalue weighted by Gasteiger charge is 2.25. The smallest absolute Gasteiger partial charge is 0.306 e. The Hall–Kier alpha value is -1.44. The van der Waals surface area contributed by atoms with Gasteiger partial charge in [-0.15, -0.1) is 11.3 Å². The summed E-state index contributed by atoms with van der Waals surface area (Å²) >= 11 is 7.50. The van der Waals surface area contributed by atoms with Crippen LogP contribution in [0.4, 0.5) is 5.82 Å². The maximum atomic E-state index is 10.8. The van der Waals surface area contributed by atoms with Crippen molar-refractivity contribution in [3.8, 4) is 0 Å². The Morgan fingerprint density at radius 1 is 1.60 bits per heavy atom. The zero-order valence-corrected chi connectivity index (χ0v) is 12.0. The predicted octanol–water partition coefficient (Wildman–Crippen LogP) is 2.02. The van der Waals surface area contributed by atoms with Gasteiger partial charge in [-0.25, -0.2) is 4.98 Å². The van der Waals surface area contributed by atoms with Crippen LogP contribution in [0.25, 0.3) is 10.2 Å². The molecule has 2 aromatic heterocycles. The Morgan fingerprint density at radius 2 is 2.45 bits per heavy atom. The number of nitrogens with zero attached hydrogens (tertiary/aromatic N) is 3. The van der Waals surface area contributed by atoms with E-state index in [-0.39, 0.29) is 17.8 Å². The summed E-state index contributed by atoms with van der Waals surface area (Å²) in [6.45, 7) is 1.63. The van der Waals surface area contributed by atoms with Crippen LogP contribution in [0.3, 0.4) is 0 Å². The Labute approximate surface area is 124 Å². The molecule has 0 saturated carbocycles. The van der Waals surface area contributed by atoms with Crippen molar-refractivity contribution in [1.82, 2.24) is 9.97 Å². The highest BCUT2D eigenvalue weighted by atomic mass is 35.5. The Kier molecular flexibility index (Phi) is 3.73. The lowest BCUT2D eigenvalue weighted by Gasteiger charge is -2.33. The molecule has 1 fully saturated rings. The molecule has 3 rings (SSSR count). The van der Waals surface area contributed by atoms with Gasteiger partial charge in [-0.1, -0.05) is 0 Å². The van der Waals surface area contributed by atoms with Gasteiger partial charge in [0.15, 0.2) is 5.82 Å². The van der Waals surface area contributed by atoms with Gasteiger partial charge in [0.1, 0.15) is 0 Å². The molecule has 1 unspecified atom stereocenters. The van der Waals surface area contributed by atoms with Crippen LogP contribution in [0.15, 0.2) is 11.4 Å². The number of aliphatic carboxylic acids is 1. The summed E-state index contributed by atoms with van der Waals surface area (Å²) in [5.41, 5.74) is 0.811. The molecule has 0 aromatic carbocycles. The number of morpholine rings is 1. The number of halogens is 1. The van der Waals surface area contributed by atoms with Gasteiger partial charge in [0.25, 0.3) is 0 Å². The van der Waals surface area contributed by atoms with Gasteiger partial charge >= 0.3 is 5.97 Å². The summed E-state index contributed by atoms with van der Waals surface area (Å²) in [5, 5.41) is 11.0. The number of aromatic nitrogens is 2. The third-order valence-electron chi connectivity index (χ3n) is 3.10. The van der Waals surface area contributed by atoms with E-state index in [2.05, 4.69) is 9.97 Å². The van der Waals surface area contributed by atoms with E-state index < -0.39 is 5.97 Å². The lowest BCUT2D eigenvalue weighted by molar-refractivity contribution is -0.140. The fourth-order valence-corrected chi connectivity index (χ4v) is 3.28. The van der Waals surface area contributed by atoms with Gasteiger partial charge in [-0.3, -0.25) is 4.79 Å². The van der Waals surface area contributed by atoms with Crippen LogP contribution in [0, 0.1) is 0 Å². The molecule has 0 bridgehead atoms. The molecule has 8 heteroatoms. The van der Waals surface area contributed by atoms with Crippen molar-refractivity contribution in [3.63, 3.8) is 0 Å². The number of hydrogen-bond acceptors (Lipinski definition) is 6. The molecule has 106 valence electrons. The molecule has 0 aliphatic carbocycles. The lowest BCUT2D eigenvalue weighted by atomic mass is 10.2. The molecule has 2 aromatic rings. The van der Waals surface area contributed by atoms with Crippen molar-refractivity contribution >= 4 is 44.9 Å². The van der Waals surface area contributed by atoms with E-state index in [9.17, 15) is 4.79 Å². The molecule has 1 N–H and O–H groups in total. The first-order valence-electron chi connectivity index (χ1n) is 6.12. The molecule has 0 radical (unpaired) electrons. The summed E-state index contributed by atoms with van der Waals surface area (Å²) < 4.78 is 6.43. The lowest BCUT2D eigenvalue weighted by Crippen LogP contribution is -2.43. The normalized spacial score (nSPS) is 19.4. The predicted molar refractivity (Wildman–Crippen MR) is 76.6 cm³/mol. The van der Waals surface area contributed by atoms with E-state index >= 15 is 0 Å². The maximum absolute atomic E-state index is 10.8. The summed E-state index contributed by atoms with van der Waals surface area (Å²) in [6.07, 6.45) is -0.340. The molecular weight excluding hydrogens is 302 g/mol. The first kappa shape index (κ1) is 13.5. The van der Waals surface area contributed by atoms with Crippen LogP contribution in [0.5, 0.6) is 0 Å². The van der Waals surface area contributed by atoms with Gasteiger partial charge in [-0.05, 0) is 23.0 Å². The van der Waals surface area contributed by atoms with Crippen molar-refractivity contribution in [2.75, 3.05) is 24.6 Å². The van der Waals surface area contributed by atoms with Crippen LogP contribution in [0.2, 0.25) is 5.28 Å². The SMILES string of the molecule is O=C(O)CC1CN(c2nc(Cl)nc3ccsc23)CCO1. The summed E-state index contributed by atoms with van der Waals surface area (Å²) in [5.74, 6) is -0.104. The molecular formula is C12H12ClN3O3S. The number of ether oxygens (including phenoxy) is 1. The number of fused-ring (bicyclic) bond motifs is 1. The molecule has 6 nitrogen and oxygen atoms in total. The number of carbonyl (C=O) groups is 1. The van der Waals surface area contributed by atoms with Crippen molar-refractivity contribution in [2.45, 2.75) is 12.5 Å². The minimum Gasteiger partial charge on any atom is -0.481 e. The van der Waals surface area contributed by atoms with Crippen LogP contribution >= 0.6 is 22.9 Å². The van der Waals surface area contributed by atoms with E-state index in [1.165, 1.54) is 0 Å². The van der Waals surface area contributed by atoms with E-state index in [1.807, 2.05) is 16.3 Å². The summed E-state index contributed by atoms with van der Waals surface area (Å²) in [4.78, 5) is 21.3. The monoisotopic (exact) mass is 313 g/mol. The average molecular weight is 314 g/mol. The number of hydrogen-bond donors (Lipinski definition) is 1. The van der Waals surface area contributed by atoms with Crippen molar-refractivity contribution in [2.24, 2.45) is 0 Å².